The predicted octanol–water partition coefficient (Wildman–Crippen LogP) is 0.876. The van der Waals surface area contributed by atoms with Crippen LogP contribution in [0.4, 0.5) is 0 Å². The second kappa shape index (κ2) is 5.92. The molecule has 1 heterocycles. The molecule has 1 amide bonds. The van der Waals surface area contributed by atoms with E-state index in [0.29, 0.717) is 17.8 Å². The zero-order valence-electron chi connectivity index (χ0n) is 12.3. The van der Waals surface area contributed by atoms with Gasteiger partial charge in [-0.25, -0.2) is 4.68 Å². The topological polar surface area (TPSA) is 98.7 Å². The Balaban J connectivity index is 1.65. The molecule has 0 spiro atoms. The normalized spacial score (nSPS) is 22.3. The molecule has 1 atom stereocenters. The molecule has 3 rings (SSSR count). The van der Waals surface area contributed by atoms with Gasteiger partial charge in [0.15, 0.2) is 0 Å². The number of thioether (sulfide) groups is 1. The summed E-state index contributed by atoms with van der Waals surface area (Å²) < 4.78 is 1.91. The highest BCUT2D eigenvalue weighted by Gasteiger charge is 2.37. The van der Waals surface area contributed by atoms with Gasteiger partial charge in [-0.05, 0) is 43.0 Å². The van der Waals surface area contributed by atoms with Crippen molar-refractivity contribution in [3.05, 3.63) is 0 Å². The molecule has 2 fully saturated rings. The first-order valence-corrected chi connectivity index (χ1v) is 8.55. The summed E-state index contributed by atoms with van der Waals surface area (Å²) in [6.07, 6.45) is 6.96. The molecule has 21 heavy (non-hydrogen) atoms. The van der Waals surface area contributed by atoms with E-state index in [1.165, 1.54) is 24.6 Å². The molecule has 1 aromatic heterocycles. The lowest BCUT2D eigenvalue weighted by Crippen LogP contribution is -2.56. The summed E-state index contributed by atoms with van der Waals surface area (Å²) in [5, 5.41) is 16.1. The third-order valence-corrected chi connectivity index (χ3v) is 5.52. The first-order chi connectivity index (χ1) is 10.1. The Bertz CT molecular complexity index is 511. The molecule has 3 N–H and O–H groups in total. The Kier molecular flexibility index (Phi) is 4.17. The van der Waals surface area contributed by atoms with Gasteiger partial charge in [0.25, 0.3) is 0 Å². The molecule has 7 nitrogen and oxygen atoms in total. The van der Waals surface area contributed by atoms with Crippen molar-refractivity contribution in [3.8, 4) is 0 Å². The molecular weight excluding hydrogens is 288 g/mol. The zero-order valence-corrected chi connectivity index (χ0v) is 13.1. The molecule has 0 aromatic carbocycles. The highest BCUT2D eigenvalue weighted by atomic mass is 32.2. The fraction of sp³-hybridized carbons (Fsp3) is 0.846. The molecule has 1 unspecified atom stereocenters. The van der Waals surface area contributed by atoms with Gasteiger partial charge in [-0.2, -0.15) is 0 Å². The quantitative estimate of drug-likeness (QED) is 0.725. The summed E-state index contributed by atoms with van der Waals surface area (Å²) in [6, 6.07) is 0.827. The van der Waals surface area contributed by atoms with Crippen molar-refractivity contribution in [2.75, 3.05) is 5.75 Å². The van der Waals surface area contributed by atoms with Crippen LogP contribution >= 0.6 is 11.8 Å². The van der Waals surface area contributed by atoms with Crippen LogP contribution in [0.1, 0.15) is 51.5 Å². The largest absolute Gasteiger partial charge is 0.368 e. The minimum atomic E-state index is -0.710. The van der Waals surface area contributed by atoms with Crippen LogP contribution in [0.25, 0.3) is 0 Å². The molecule has 0 radical (unpaired) electrons. The number of nitrogens with zero attached hydrogens (tertiary/aromatic N) is 4. The van der Waals surface area contributed by atoms with Crippen molar-refractivity contribution in [1.29, 1.82) is 0 Å². The van der Waals surface area contributed by atoms with Gasteiger partial charge in [0.1, 0.15) is 5.54 Å². The summed E-state index contributed by atoms with van der Waals surface area (Å²) in [5.74, 6) is 0.230. The van der Waals surface area contributed by atoms with E-state index in [9.17, 15) is 4.79 Å². The van der Waals surface area contributed by atoms with Crippen LogP contribution in [-0.2, 0) is 4.79 Å². The Morgan fingerprint density at radius 3 is 2.76 bits per heavy atom. The van der Waals surface area contributed by atoms with Crippen LogP contribution in [0, 0.1) is 0 Å². The number of nitrogens with one attached hydrogen (secondary N) is 1. The van der Waals surface area contributed by atoms with Crippen molar-refractivity contribution >= 4 is 17.7 Å². The Morgan fingerprint density at radius 1 is 1.43 bits per heavy atom. The van der Waals surface area contributed by atoms with Crippen LogP contribution < -0.4 is 11.1 Å². The van der Waals surface area contributed by atoms with Gasteiger partial charge in [0.05, 0.1) is 6.04 Å². The number of nitrogens with two attached hydrogens (primary N) is 1. The van der Waals surface area contributed by atoms with E-state index in [4.69, 9.17) is 5.73 Å². The average molecular weight is 310 g/mol. The highest BCUT2D eigenvalue weighted by molar-refractivity contribution is 7.99. The van der Waals surface area contributed by atoms with Crippen molar-refractivity contribution < 1.29 is 4.79 Å². The van der Waals surface area contributed by atoms with E-state index >= 15 is 0 Å². The summed E-state index contributed by atoms with van der Waals surface area (Å²) in [7, 11) is 0. The summed E-state index contributed by atoms with van der Waals surface area (Å²) in [6.45, 7) is 1.87. The van der Waals surface area contributed by atoms with Crippen LogP contribution in [0.2, 0.25) is 0 Å². The molecule has 0 saturated heterocycles. The first kappa shape index (κ1) is 14.8. The van der Waals surface area contributed by atoms with Crippen molar-refractivity contribution in [2.24, 2.45) is 5.73 Å². The Labute approximate surface area is 128 Å². The molecule has 0 bridgehead atoms. The molecular formula is C13H22N6OS. The highest BCUT2D eigenvalue weighted by Crippen LogP contribution is 2.32. The molecule has 0 aliphatic heterocycles. The standard InChI is InChI=1S/C13H22N6OS/c1-13(11(14)20,15-9-6-7-9)8-21-12-16-17-18-19(12)10-4-2-3-5-10/h9-10,15H,2-8H2,1H3,(H2,14,20). The maximum atomic E-state index is 11.8. The molecule has 116 valence electrons. The summed E-state index contributed by atoms with van der Waals surface area (Å²) in [5.41, 5.74) is 4.86. The Hall–Kier alpha value is -1.15. The number of primary amides is 1. The minimum Gasteiger partial charge on any atom is -0.368 e. The number of hydrogen-bond donors (Lipinski definition) is 2. The van der Waals surface area contributed by atoms with Gasteiger partial charge in [0, 0.05) is 11.8 Å². The van der Waals surface area contributed by atoms with E-state index in [0.717, 1.165) is 30.8 Å². The third kappa shape index (κ3) is 3.37. The zero-order chi connectivity index (χ0) is 14.9. The second-order valence-corrected chi connectivity index (χ2v) is 7.19. The molecule has 2 aliphatic rings. The van der Waals surface area contributed by atoms with E-state index in [2.05, 4.69) is 20.8 Å². The number of tetrazole rings is 1. The predicted molar refractivity (Wildman–Crippen MR) is 79.8 cm³/mol. The second-order valence-electron chi connectivity index (χ2n) is 6.25. The summed E-state index contributed by atoms with van der Waals surface area (Å²) >= 11 is 1.51. The third-order valence-electron chi connectivity index (χ3n) is 4.27. The monoisotopic (exact) mass is 310 g/mol. The van der Waals surface area contributed by atoms with Gasteiger partial charge in [-0.3, -0.25) is 4.79 Å². The average Bonchev–Trinajstić information content (AvgIpc) is 2.96. The van der Waals surface area contributed by atoms with E-state index in [1.807, 2.05) is 11.6 Å². The van der Waals surface area contributed by atoms with Crippen molar-refractivity contribution in [2.45, 2.75) is 68.2 Å². The smallest absolute Gasteiger partial charge is 0.238 e. The van der Waals surface area contributed by atoms with Crippen molar-refractivity contribution in [3.63, 3.8) is 0 Å². The Morgan fingerprint density at radius 2 is 2.14 bits per heavy atom. The van der Waals surface area contributed by atoms with Gasteiger partial charge in [-0.1, -0.05) is 24.6 Å². The summed E-state index contributed by atoms with van der Waals surface area (Å²) in [4.78, 5) is 11.8. The lowest BCUT2D eigenvalue weighted by Gasteiger charge is -2.27. The number of rotatable bonds is 7. The molecule has 1 aromatic rings. The van der Waals surface area contributed by atoms with Crippen LogP contribution in [-0.4, -0.2) is 43.4 Å². The van der Waals surface area contributed by atoms with E-state index in [1.54, 1.807) is 0 Å². The maximum absolute atomic E-state index is 11.8. The maximum Gasteiger partial charge on any atom is 0.238 e. The van der Waals surface area contributed by atoms with E-state index in [-0.39, 0.29) is 5.91 Å². The van der Waals surface area contributed by atoms with Crippen LogP contribution in [0.5, 0.6) is 0 Å². The lowest BCUT2D eigenvalue weighted by atomic mass is 10.1. The van der Waals surface area contributed by atoms with Crippen molar-refractivity contribution in [1.82, 2.24) is 25.5 Å². The van der Waals surface area contributed by atoms with Crippen LogP contribution in [0.15, 0.2) is 5.16 Å². The van der Waals surface area contributed by atoms with E-state index < -0.39 is 5.54 Å². The van der Waals surface area contributed by atoms with Gasteiger partial charge in [-0.15, -0.1) is 5.10 Å². The number of aromatic nitrogens is 4. The minimum absolute atomic E-state index is 0.318. The molecule has 2 aliphatic carbocycles. The first-order valence-electron chi connectivity index (χ1n) is 7.57. The lowest BCUT2D eigenvalue weighted by molar-refractivity contribution is -0.123. The molecule has 2 saturated carbocycles. The SMILES string of the molecule is CC(CSc1nnnn1C1CCCC1)(NC1CC1)C(N)=O. The van der Waals surface area contributed by atoms with Crippen LogP contribution in [0.3, 0.4) is 0 Å². The number of carbonyl (C=O) groups is 1. The molecule has 8 heteroatoms. The van der Waals surface area contributed by atoms with Gasteiger partial charge in [0.2, 0.25) is 11.1 Å². The number of carbonyl (C=O) groups excluding carboxylic acids is 1. The van der Waals surface area contributed by atoms with Gasteiger partial charge < -0.3 is 11.1 Å². The van der Waals surface area contributed by atoms with Gasteiger partial charge >= 0.3 is 0 Å². The number of hydrogen-bond acceptors (Lipinski definition) is 6. The number of amides is 1. The fourth-order valence-corrected chi connectivity index (χ4v) is 3.78. The fourth-order valence-electron chi connectivity index (χ4n) is 2.73.